The molecule has 0 atom stereocenters. The quantitative estimate of drug-likeness (QED) is 0.351. The summed E-state index contributed by atoms with van der Waals surface area (Å²) in [4.78, 5) is 32.1. The molecule has 5 nitrogen and oxygen atoms in total. The summed E-state index contributed by atoms with van der Waals surface area (Å²) in [5.41, 5.74) is 3.19. The van der Waals surface area contributed by atoms with Crippen molar-refractivity contribution in [1.82, 2.24) is 9.55 Å². The highest BCUT2D eigenvalue weighted by atomic mass is 32.2. The summed E-state index contributed by atoms with van der Waals surface area (Å²) in [5, 5.41) is 2.38. The van der Waals surface area contributed by atoms with Gasteiger partial charge in [0.15, 0.2) is 5.16 Å². The molecule has 0 unspecified atom stereocenters. The molecule has 1 amide bonds. The number of fused-ring (bicyclic) bond motifs is 1. The number of carbonyl (C=O) groups is 1. The van der Waals surface area contributed by atoms with E-state index in [0.717, 1.165) is 16.9 Å². The van der Waals surface area contributed by atoms with Crippen LogP contribution in [0.3, 0.4) is 0 Å². The second-order valence-corrected chi connectivity index (χ2v) is 8.44. The van der Waals surface area contributed by atoms with Crippen LogP contribution in [0, 0.1) is 6.92 Å². The molecule has 0 saturated carbocycles. The minimum atomic E-state index is -0.109. The van der Waals surface area contributed by atoms with Gasteiger partial charge in [-0.15, -0.1) is 11.3 Å². The number of hydrogen-bond acceptors (Lipinski definition) is 5. The van der Waals surface area contributed by atoms with E-state index in [4.69, 9.17) is 0 Å². The molecule has 2 heterocycles. The van der Waals surface area contributed by atoms with Gasteiger partial charge in [-0.25, -0.2) is 4.98 Å². The molecule has 4 rings (SSSR count). The molecular weight excluding hydrogens is 402 g/mol. The molecule has 0 spiro atoms. The van der Waals surface area contributed by atoms with Gasteiger partial charge in [0.05, 0.1) is 17.0 Å². The minimum Gasteiger partial charge on any atom is -0.315 e. The Morgan fingerprint density at radius 3 is 2.69 bits per heavy atom. The minimum absolute atomic E-state index is 0.0587. The summed E-state index contributed by atoms with van der Waals surface area (Å²) in [7, 11) is 1.75. The van der Waals surface area contributed by atoms with Crippen molar-refractivity contribution in [2.45, 2.75) is 12.1 Å². The van der Waals surface area contributed by atoms with Gasteiger partial charge in [-0.2, -0.15) is 0 Å². The van der Waals surface area contributed by atoms with Crippen LogP contribution in [0.15, 0.2) is 76.0 Å². The SMILES string of the molecule is Cc1cccc(-n2c(SCC(=O)N(C)c3ccccc3)nc3ccsc3c2=O)c1. The predicted molar refractivity (Wildman–Crippen MR) is 121 cm³/mol. The molecule has 0 aliphatic heterocycles. The summed E-state index contributed by atoms with van der Waals surface area (Å²) >= 11 is 2.66. The van der Waals surface area contributed by atoms with E-state index in [1.54, 1.807) is 16.5 Å². The first-order chi connectivity index (χ1) is 14.0. The van der Waals surface area contributed by atoms with E-state index >= 15 is 0 Å². The number of nitrogens with zero attached hydrogens (tertiary/aromatic N) is 3. The Morgan fingerprint density at radius 2 is 1.93 bits per heavy atom. The van der Waals surface area contributed by atoms with Gasteiger partial charge < -0.3 is 4.90 Å². The fourth-order valence-corrected chi connectivity index (χ4v) is 4.69. The largest absolute Gasteiger partial charge is 0.315 e. The number of rotatable bonds is 5. The number of aryl methyl sites for hydroxylation is 1. The zero-order valence-electron chi connectivity index (χ0n) is 16.0. The highest BCUT2D eigenvalue weighted by Crippen LogP contribution is 2.24. The van der Waals surface area contributed by atoms with Gasteiger partial charge in [0.1, 0.15) is 4.70 Å². The first-order valence-corrected chi connectivity index (χ1v) is 10.9. The van der Waals surface area contributed by atoms with Gasteiger partial charge in [0, 0.05) is 12.7 Å². The maximum absolute atomic E-state index is 13.1. The highest BCUT2D eigenvalue weighted by molar-refractivity contribution is 7.99. The van der Waals surface area contributed by atoms with Crippen LogP contribution in [-0.4, -0.2) is 28.3 Å². The number of benzene rings is 2. The smallest absolute Gasteiger partial charge is 0.276 e. The highest BCUT2D eigenvalue weighted by Gasteiger charge is 2.17. The molecule has 0 aliphatic rings. The number of para-hydroxylation sites is 1. The van der Waals surface area contributed by atoms with Crippen molar-refractivity contribution in [2.24, 2.45) is 0 Å². The average molecular weight is 422 g/mol. The van der Waals surface area contributed by atoms with E-state index in [2.05, 4.69) is 4.98 Å². The lowest BCUT2D eigenvalue weighted by Gasteiger charge is -2.17. The van der Waals surface area contributed by atoms with E-state index in [1.807, 2.05) is 73.0 Å². The van der Waals surface area contributed by atoms with Crippen molar-refractivity contribution in [3.63, 3.8) is 0 Å². The van der Waals surface area contributed by atoms with Gasteiger partial charge >= 0.3 is 0 Å². The van der Waals surface area contributed by atoms with Crippen molar-refractivity contribution in [3.8, 4) is 5.69 Å². The molecule has 2 aromatic carbocycles. The molecule has 2 aromatic heterocycles. The molecule has 0 radical (unpaired) electrons. The molecule has 0 saturated heterocycles. The summed E-state index contributed by atoms with van der Waals surface area (Å²) < 4.78 is 2.22. The number of anilines is 1. The zero-order chi connectivity index (χ0) is 20.4. The molecule has 0 bridgehead atoms. The van der Waals surface area contributed by atoms with Crippen LogP contribution in [0.5, 0.6) is 0 Å². The van der Waals surface area contributed by atoms with Crippen LogP contribution in [0.2, 0.25) is 0 Å². The van der Waals surface area contributed by atoms with Crippen LogP contribution >= 0.6 is 23.1 Å². The first-order valence-electron chi connectivity index (χ1n) is 9.06. The normalized spacial score (nSPS) is 11.0. The van der Waals surface area contributed by atoms with Crippen molar-refractivity contribution in [1.29, 1.82) is 0 Å². The van der Waals surface area contributed by atoms with Crippen LogP contribution in [-0.2, 0) is 4.79 Å². The Labute approximate surface area is 176 Å². The molecule has 0 aliphatic carbocycles. The lowest BCUT2D eigenvalue weighted by atomic mass is 10.2. The lowest BCUT2D eigenvalue weighted by Crippen LogP contribution is -2.28. The molecule has 0 N–H and O–H groups in total. The van der Waals surface area contributed by atoms with Crippen molar-refractivity contribution in [3.05, 3.63) is 82.0 Å². The third kappa shape index (κ3) is 3.97. The van der Waals surface area contributed by atoms with Crippen molar-refractivity contribution < 1.29 is 4.79 Å². The molecule has 0 fully saturated rings. The topological polar surface area (TPSA) is 55.2 Å². The van der Waals surface area contributed by atoms with Gasteiger partial charge in [-0.3, -0.25) is 14.2 Å². The van der Waals surface area contributed by atoms with Crippen LogP contribution < -0.4 is 10.5 Å². The molecule has 4 aromatic rings. The van der Waals surface area contributed by atoms with Crippen LogP contribution in [0.4, 0.5) is 5.69 Å². The van der Waals surface area contributed by atoms with E-state index < -0.39 is 0 Å². The maximum atomic E-state index is 13.1. The third-order valence-corrected chi connectivity index (χ3v) is 6.37. The van der Waals surface area contributed by atoms with E-state index in [-0.39, 0.29) is 17.2 Å². The fraction of sp³-hybridized carbons (Fsp3) is 0.136. The van der Waals surface area contributed by atoms with E-state index in [1.165, 1.54) is 23.1 Å². The predicted octanol–water partition coefficient (Wildman–Crippen LogP) is 4.51. The summed E-state index contributed by atoms with van der Waals surface area (Å²) in [5.74, 6) is 0.121. The number of amides is 1. The van der Waals surface area contributed by atoms with E-state index in [9.17, 15) is 9.59 Å². The number of thiophene rings is 1. The number of aromatic nitrogens is 2. The lowest BCUT2D eigenvalue weighted by molar-refractivity contribution is -0.115. The van der Waals surface area contributed by atoms with Gasteiger partial charge in [-0.1, -0.05) is 42.1 Å². The Balaban J connectivity index is 1.69. The standard InChI is InChI=1S/C22H19N3O2S2/c1-15-7-6-10-17(13-15)25-21(27)20-18(11-12-28-20)23-22(25)29-14-19(26)24(2)16-8-4-3-5-9-16/h3-13H,14H2,1-2H3. The van der Waals surface area contributed by atoms with Crippen molar-refractivity contribution in [2.75, 3.05) is 17.7 Å². The van der Waals surface area contributed by atoms with Gasteiger partial charge in [0.25, 0.3) is 5.56 Å². The Morgan fingerprint density at radius 1 is 1.14 bits per heavy atom. The van der Waals surface area contributed by atoms with Crippen molar-refractivity contribution >= 4 is 44.9 Å². The third-order valence-electron chi connectivity index (χ3n) is 4.55. The number of carbonyl (C=O) groups excluding carboxylic acids is 1. The second kappa shape index (κ2) is 8.23. The maximum Gasteiger partial charge on any atom is 0.276 e. The van der Waals surface area contributed by atoms with Crippen LogP contribution in [0.1, 0.15) is 5.56 Å². The zero-order valence-corrected chi connectivity index (χ0v) is 17.7. The first kappa shape index (κ1) is 19.4. The summed E-state index contributed by atoms with van der Waals surface area (Å²) in [6.07, 6.45) is 0. The van der Waals surface area contributed by atoms with E-state index in [0.29, 0.717) is 15.4 Å². The summed E-state index contributed by atoms with van der Waals surface area (Å²) in [6, 6.07) is 19.1. The van der Waals surface area contributed by atoms with Gasteiger partial charge in [-0.05, 0) is 48.2 Å². The Bertz CT molecular complexity index is 1230. The number of hydrogen-bond donors (Lipinski definition) is 0. The fourth-order valence-electron chi connectivity index (χ4n) is 3.00. The number of thioether (sulfide) groups is 1. The molecule has 146 valence electrons. The summed E-state index contributed by atoms with van der Waals surface area (Å²) in [6.45, 7) is 1.98. The Hall–Kier alpha value is -2.90. The monoisotopic (exact) mass is 421 g/mol. The average Bonchev–Trinajstić information content (AvgIpc) is 3.21. The van der Waals surface area contributed by atoms with Gasteiger partial charge in [0.2, 0.25) is 5.91 Å². The molecule has 29 heavy (non-hydrogen) atoms. The molecular formula is C22H19N3O2S2. The van der Waals surface area contributed by atoms with Crippen LogP contribution in [0.25, 0.3) is 15.9 Å². The second-order valence-electron chi connectivity index (χ2n) is 6.59. The molecule has 7 heteroatoms. The Kier molecular flexibility index (Phi) is 5.51.